The Kier molecular flexibility index (Phi) is 8.24. The fraction of sp³-hybridized carbons (Fsp3) is 0.419. The summed E-state index contributed by atoms with van der Waals surface area (Å²) in [6.07, 6.45) is 4.40. The van der Waals surface area contributed by atoms with Gasteiger partial charge in [-0.15, -0.1) is 0 Å². The van der Waals surface area contributed by atoms with Crippen LogP contribution in [0.15, 0.2) is 43.1 Å². The van der Waals surface area contributed by atoms with Crippen LogP contribution in [0.1, 0.15) is 59.0 Å². The first-order valence-corrected chi connectivity index (χ1v) is 14.9. The molecule has 0 unspecified atom stereocenters. The maximum atomic E-state index is 14.5. The Morgan fingerprint density at radius 3 is 2.61 bits per heavy atom. The third-order valence-electron chi connectivity index (χ3n) is 8.66. The lowest BCUT2D eigenvalue weighted by Crippen LogP contribution is -2.66. The highest BCUT2D eigenvalue weighted by Gasteiger charge is 2.48. The van der Waals surface area contributed by atoms with Crippen LogP contribution in [0.5, 0.6) is 0 Å². The molecular formula is C31H30F4N8O3. The second-order valence-corrected chi connectivity index (χ2v) is 11.6. The second-order valence-electron chi connectivity index (χ2n) is 11.6. The molecule has 2 fully saturated rings. The average molecular weight is 639 g/mol. The number of aromatic amines is 1. The number of carbonyl (C=O) groups excluding carboxylic acids is 2. The van der Waals surface area contributed by atoms with Crippen molar-refractivity contribution in [1.29, 1.82) is 5.26 Å². The number of nitrogens with zero attached hydrogens (tertiary/aromatic N) is 7. The highest BCUT2D eigenvalue weighted by atomic mass is 19.4. The molecule has 6 rings (SSSR count). The topological polar surface area (TPSA) is 133 Å². The van der Waals surface area contributed by atoms with Gasteiger partial charge in [0.1, 0.15) is 11.2 Å². The van der Waals surface area contributed by atoms with Crippen molar-refractivity contribution in [2.45, 2.75) is 50.4 Å². The van der Waals surface area contributed by atoms with Crippen molar-refractivity contribution >= 4 is 22.9 Å². The van der Waals surface area contributed by atoms with E-state index in [0.29, 0.717) is 54.7 Å². The normalized spacial score (nSPS) is 17.1. The van der Waals surface area contributed by atoms with Crippen LogP contribution >= 0.6 is 0 Å². The van der Waals surface area contributed by atoms with E-state index in [1.165, 1.54) is 11.1 Å². The number of hydrogen-bond donors (Lipinski definition) is 1. The first kappa shape index (κ1) is 31.2. The van der Waals surface area contributed by atoms with Gasteiger partial charge < -0.3 is 14.6 Å². The van der Waals surface area contributed by atoms with Crippen LogP contribution in [0.3, 0.4) is 0 Å². The summed E-state index contributed by atoms with van der Waals surface area (Å²) in [6.45, 7) is 3.68. The number of hydrogen-bond acceptors (Lipinski definition) is 8. The number of amides is 1. The number of rotatable bonds is 8. The van der Waals surface area contributed by atoms with Gasteiger partial charge >= 0.3 is 12.1 Å². The summed E-state index contributed by atoms with van der Waals surface area (Å²) in [5, 5.41) is 15.1. The fourth-order valence-corrected chi connectivity index (χ4v) is 6.32. The molecule has 240 valence electrons. The van der Waals surface area contributed by atoms with Crippen molar-refractivity contribution in [3.05, 3.63) is 65.8 Å². The minimum atomic E-state index is -5.01. The number of alkyl halides is 3. The summed E-state index contributed by atoms with van der Waals surface area (Å²) >= 11 is 0. The third kappa shape index (κ3) is 5.57. The van der Waals surface area contributed by atoms with Gasteiger partial charge in [0.15, 0.2) is 11.5 Å². The summed E-state index contributed by atoms with van der Waals surface area (Å²) in [5.41, 5.74) is -0.761. The number of nitriles is 1. The monoisotopic (exact) mass is 638 g/mol. The molecule has 0 saturated carbocycles. The van der Waals surface area contributed by atoms with Gasteiger partial charge in [-0.1, -0.05) is 6.92 Å². The summed E-state index contributed by atoms with van der Waals surface area (Å²) in [6, 6.07) is 5.12. The first-order chi connectivity index (χ1) is 22.1. The van der Waals surface area contributed by atoms with Crippen molar-refractivity contribution in [2.24, 2.45) is 0 Å². The Hall–Kier alpha value is -4.84. The zero-order chi connectivity index (χ0) is 32.6. The molecule has 1 N–H and O–H groups in total. The van der Waals surface area contributed by atoms with E-state index in [9.17, 15) is 32.4 Å². The molecule has 0 bridgehead atoms. The number of aromatic nitrogens is 5. The number of fused-ring (bicyclic) bond motifs is 1. The van der Waals surface area contributed by atoms with Gasteiger partial charge in [0.2, 0.25) is 0 Å². The van der Waals surface area contributed by atoms with E-state index in [2.05, 4.69) is 31.0 Å². The van der Waals surface area contributed by atoms with Crippen LogP contribution in [0, 0.1) is 17.1 Å². The lowest BCUT2D eigenvalue weighted by Gasteiger charge is -2.53. The maximum Gasteiger partial charge on any atom is 0.436 e. The van der Waals surface area contributed by atoms with Gasteiger partial charge in [-0.05, 0) is 31.4 Å². The predicted octanol–water partition coefficient (Wildman–Crippen LogP) is 4.78. The highest BCUT2D eigenvalue weighted by Crippen LogP contribution is 2.39. The number of likely N-dealkylation sites (tertiary alicyclic amines) is 2. The lowest BCUT2D eigenvalue weighted by atomic mass is 9.83. The van der Waals surface area contributed by atoms with Gasteiger partial charge in [-0.2, -0.15) is 23.5 Å². The molecule has 0 radical (unpaired) electrons. The summed E-state index contributed by atoms with van der Waals surface area (Å²) in [4.78, 5) is 39.9. The largest absolute Gasteiger partial charge is 0.462 e. The molecule has 2 aliphatic heterocycles. The third-order valence-corrected chi connectivity index (χ3v) is 8.66. The Bertz CT molecular complexity index is 1810. The summed E-state index contributed by atoms with van der Waals surface area (Å²) < 4.78 is 61.0. The minimum absolute atomic E-state index is 0.0542. The highest BCUT2D eigenvalue weighted by molar-refractivity contribution is 6.06. The Labute approximate surface area is 260 Å². The quantitative estimate of drug-likeness (QED) is 0.216. The molecule has 0 atom stereocenters. The van der Waals surface area contributed by atoms with Crippen LogP contribution in [0.25, 0.3) is 22.2 Å². The molecule has 1 amide bonds. The summed E-state index contributed by atoms with van der Waals surface area (Å²) in [5.74, 6) is -2.96. The summed E-state index contributed by atoms with van der Waals surface area (Å²) in [7, 11) is 0. The van der Waals surface area contributed by atoms with E-state index in [-0.39, 0.29) is 32.2 Å². The molecule has 0 spiro atoms. The molecule has 0 aliphatic carbocycles. The number of pyridine rings is 2. The van der Waals surface area contributed by atoms with Crippen LogP contribution in [0.2, 0.25) is 0 Å². The minimum Gasteiger partial charge on any atom is -0.462 e. The first-order valence-electron chi connectivity index (χ1n) is 14.9. The number of carbonyl (C=O) groups is 2. The molecule has 15 heteroatoms. The van der Waals surface area contributed by atoms with E-state index in [1.807, 2.05) is 19.2 Å². The molecule has 6 heterocycles. The van der Waals surface area contributed by atoms with E-state index >= 15 is 0 Å². The number of nitrogens with one attached hydrogen (secondary N) is 1. The van der Waals surface area contributed by atoms with E-state index in [0.717, 1.165) is 17.6 Å². The van der Waals surface area contributed by atoms with E-state index < -0.39 is 40.7 Å². The van der Waals surface area contributed by atoms with Gasteiger partial charge in [0, 0.05) is 73.5 Å². The van der Waals surface area contributed by atoms with Crippen molar-refractivity contribution in [2.75, 3.05) is 32.8 Å². The van der Waals surface area contributed by atoms with E-state index in [4.69, 9.17) is 4.74 Å². The van der Waals surface area contributed by atoms with Crippen molar-refractivity contribution in [1.82, 2.24) is 34.5 Å². The van der Waals surface area contributed by atoms with Gasteiger partial charge in [-0.3, -0.25) is 14.4 Å². The number of H-pyrrole nitrogens is 1. The Morgan fingerprint density at radius 2 is 1.91 bits per heavy atom. The predicted molar refractivity (Wildman–Crippen MR) is 156 cm³/mol. The van der Waals surface area contributed by atoms with Gasteiger partial charge in [0.05, 0.1) is 36.4 Å². The molecule has 4 aromatic rings. The Morgan fingerprint density at radius 1 is 1.15 bits per heavy atom. The molecule has 11 nitrogen and oxygen atoms in total. The smallest absolute Gasteiger partial charge is 0.436 e. The number of halogens is 4. The molecule has 46 heavy (non-hydrogen) atoms. The van der Waals surface area contributed by atoms with Gasteiger partial charge in [0.25, 0.3) is 5.91 Å². The zero-order valence-electron chi connectivity index (χ0n) is 24.8. The van der Waals surface area contributed by atoms with Crippen LogP contribution in [-0.2, 0) is 16.5 Å². The number of piperidine rings is 1. The van der Waals surface area contributed by atoms with Crippen molar-refractivity contribution in [3.8, 4) is 17.2 Å². The fourth-order valence-electron chi connectivity index (χ4n) is 6.32. The number of ether oxygens (including phenoxy) is 1. The molecule has 2 aliphatic rings. The molecule has 0 aromatic carbocycles. The van der Waals surface area contributed by atoms with Crippen LogP contribution in [0.4, 0.5) is 17.6 Å². The molecule has 4 aromatic heterocycles. The second kappa shape index (κ2) is 12.2. The van der Waals surface area contributed by atoms with E-state index in [1.54, 1.807) is 17.1 Å². The number of esters is 1. The van der Waals surface area contributed by atoms with Gasteiger partial charge in [-0.25, -0.2) is 19.2 Å². The standard InChI is InChI=1S/C31H30F4N8O3/c1-2-13-46-29(45)23-15-39-27-21(3-10-38-27)24(23)19-14-40-43(16-19)30(7-8-36)17-42(18-30)20-5-11-41(12-6-20)28(44)22-4-9-37-26(25(22)32)31(33,34)35/h3-4,9-10,14-16,20H,2,5-7,11-13,17-18H2,1H3,(H,38,39). The maximum absolute atomic E-state index is 14.5. The zero-order valence-corrected chi connectivity index (χ0v) is 24.8. The van der Waals surface area contributed by atoms with Crippen LogP contribution in [-0.4, -0.2) is 85.2 Å². The lowest BCUT2D eigenvalue weighted by molar-refractivity contribution is -0.143. The molecular weight excluding hydrogens is 608 g/mol. The average Bonchev–Trinajstić information content (AvgIpc) is 3.71. The van der Waals surface area contributed by atoms with Crippen molar-refractivity contribution in [3.63, 3.8) is 0 Å². The van der Waals surface area contributed by atoms with Crippen LogP contribution < -0.4 is 0 Å². The molecule has 2 saturated heterocycles. The SMILES string of the molecule is CCCOC(=O)c1cnc2[nH]ccc2c1-c1cnn(C2(CC#N)CN(C3CCN(C(=O)c4ccnc(C(F)(F)F)c4F)CC3)C2)c1. The Balaban J connectivity index is 1.16. The van der Waals surface area contributed by atoms with Crippen molar-refractivity contribution < 1.29 is 31.9 Å².